The van der Waals surface area contributed by atoms with Crippen LogP contribution < -0.4 is 0 Å². The quantitative estimate of drug-likeness (QED) is 0.391. The van der Waals surface area contributed by atoms with Gasteiger partial charge in [0.25, 0.3) is 0 Å². The average molecular weight is 169 g/mol. The number of carboxylic acid groups (broad SMARTS) is 1. The third-order valence-corrected chi connectivity index (χ3v) is 1.32. The SMILES string of the molecule is COC(=C(C#N)C(=O)O)C(C)C. The van der Waals surface area contributed by atoms with Gasteiger partial charge in [-0.3, -0.25) is 0 Å². The highest BCUT2D eigenvalue weighted by Gasteiger charge is 2.17. The summed E-state index contributed by atoms with van der Waals surface area (Å²) in [5.41, 5.74) is -0.326. The van der Waals surface area contributed by atoms with Crippen molar-refractivity contribution in [2.75, 3.05) is 7.11 Å². The molecule has 0 bridgehead atoms. The summed E-state index contributed by atoms with van der Waals surface area (Å²) in [7, 11) is 1.36. The largest absolute Gasteiger partial charge is 0.499 e. The minimum Gasteiger partial charge on any atom is -0.499 e. The number of hydrogen-bond donors (Lipinski definition) is 1. The van der Waals surface area contributed by atoms with E-state index in [1.54, 1.807) is 19.9 Å². The van der Waals surface area contributed by atoms with Crippen LogP contribution in [-0.2, 0) is 9.53 Å². The van der Waals surface area contributed by atoms with Gasteiger partial charge in [0.05, 0.1) is 7.11 Å². The van der Waals surface area contributed by atoms with Crippen molar-refractivity contribution >= 4 is 5.97 Å². The van der Waals surface area contributed by atoms with E-state index in [-0.39, 0.29) is 17.3 Å². The van der Waals surface area contributed by atoms with Crippen LogP contribution in [0.2, 0.25) is 0 Å². The van der Waals surface area contributed by atoms with Crippen molar-refractivity contribution in [3.63, 3.8) is 0 Å². The molecule has 0 aromatic carbocycles. The van der Waals surface area contributed by atoms with Crippen molar-refractivity contribution in [2.45, 2.75) is 13.8 Å². The van der Waals surface area contributed by atoms with Crippen LogP contribution in [0.1, 0.15) is 13.8 Å². The molecule has 4 nitrogen and oxygen atoms in total. The predicted octanol–water partition coefficient (Wildman–Crippen LogP) is 1.15. The molecule has 0 saturated carbocycles. The Balaban J connectivity index is 5.05. The van der Waals surface area contributed by atoms with Crippen LogP contribution in [-0.4, -0.2) is 18.2 Å². The summed E-state index contributed by atoms with van der Waals surface area (Å²) >= 11 is 0. The lowest BCUT2D eigenvalue weighted by Gasteiger charge is -2.09. The normalized spacial score (nSPS) is 11.9. The van der Waals surface area contributed by atoms with Crippen molar-refractivity contribution in [2.24, 2.45) is 5.92 Å². The molecule has 0 fully saturated rings. The highest BCUT2D eigenvalue weighted by atomic mass is 16.5. The zero-order valence-corrected chi connectivity index (χ0v) is 7.29. The lowest BCUT2D eigenvalue weighted by Crippen LogP contribution is -2.08. The number of carboxylic acids is 1. The Bertz CT molecular complexity index is 248. The molecule has 0 rings (SSSR count). The number of hydrogen-bond acceptors (Lipinski definition) is 3. The Morgan fingerprint density at radius 1 is 1.58 bits per heavy atom. The Morgan fingerprint density at radius 3 is 2.17 bits per heavy atom. The van der Waals surface area contributed by atoms with Gasteiger partial charge in [-0.2, -0.15) is 5.26 Å². The van der Waals surface area contributed by atoms with Gasteiger partial charge in [-0.05, 0) is 0 Å². The first-order chi connectivity index (χ1) is 5.54. The lowest BCUT2D eigenvalue weighted by molar-refractivity contribution is -0.132. The molecule has 0 aliphatic carbocycles. The van der Waals surface area contributed by atoms with Gasteiger partial charge in [-0.1, -0.05) is 13.8 Å². The van der Waals surface area contributed by atoms with Crippen LogP contribution in [0.5, 0.6) is 0 Å². The molecule has 1 N–H and O–H groups in total. The van der Waals surface area contributed by atoms with Crippen molar-refractivity contribution in [3.05, 3.63) is 11.3 Å². The van der Waals surface area contributed by atoms with E-state index in [2.05, 4.69) is 0 Å². The smallest absolute Gasteiger partial charge is 0.349 e. The summed E-state index contributed by atoms with van der Waals surface area (Å²) in [6.45, 7) is 3.53. The van der Waals surface area contributed by atoms with E-state index in [9.17, 15) is 4.79 Å². The van der Waals surface area contributed by atoms with E-state index >= 15 is 0 Å². The Labute approximate surface area is 71.1 Å². The number of aliphatic carboxylic acids is 1. The monoisotopic (exact) mass is 169 g/mol. The Kier molecular flexibility index (Phi) is 3.84. The topological polar surface area (TPSA) is 70.3 Å². The summed E-state index contributed by atoms with van der Waals surface area (Å²) in [6.07, 6.45) is 0. The van der Waals surface area contributed by atoms with Gasteiger partial charge < -0.3 is 9.84 Å². The third-order valence-electron chi connectivity index (χ3n) is 1.32. The van der Waals surface area contributed by atoms with Crippen LogP contribution >= 0.6 is 0 Å². The molecular formula is C8H11NO3. The van der Waals surface area contributed by atoms with Crippen molar-refractivity contribution in [1.29, 1.82) is 5.26 Å². The predicted molar refractivity (Wildman–Crippen MR) is 42.1 cm³/mol. The van der Waals surface area contributed by atoms with E-state index in [1.165, 1.54) is 7.11 Å². The molecule has 0 aromatic heterocycles. The highest BCUT2D eigenvalue weighted by Crippen LogP contribution is 2.15. The van der Waals surface area contributed by atoms with E-state index in [4.69, 9.17) is 15.1 Å². The van der Waals surface area contributed by atoms with Gasteiger partial charge >= 0.3 is 5.97 Å². The first kappa shape index (κ1) is 10.5. The minimum absolute atomic E-state index is 0.0965. The standard InChI is InChI=1S/C8H11NO3/c1-5(2)7(12-3)6(4-9)8(10)11/h5H,1-3H3,(H,10,11). The maximum Gasteiger partial charge on any atom is 0.349 e. The van der Waals surface area contributed by atoms with Crippen LogP contribution in [0.25, 0.3) is 0 Å². The number of nitriles is 1. The molecule has 0 spiro atoms. The van der Waals surface area contributed by atoms with Crippen LogP contribution in [0.15, 0.2) is 11.3 Å². The number of allylic oxidation sites excluding steroid dienone is 1. The van der Waals surface area contributed by atoms with Crippen molar-refractivity contribution in [1.82, 2.24) is 0 Å². The summed E-state index contributed by atoms with van der Waals surface area (Å²) in [5, 5.41) is 17.0. The van der Waals surface area contributed by atoms with Crippen LogP contribution in [0, 0.1) is 17.2 Å². The summed E-state index contributed by atoms with van der Waals surface area (Å²) < 4.78 is 4.80. The second-order valence-electron chi connectivity index (χ2n) is 2.52. The second-order valence-corrected chi connectivity index (χ2v) is 2.52. The van der Waals surface area contributed by atoms with Crippen LogP contribution in [0.4, 0.5) is 0 Å². The fourth-order valence-corrected chi connectivity index (χ4v) is 0.835. The van der Waals surface area contributed by atoms with Crippen molar-refractivity contribution in [3.8, 4) is 6.07 Å². The molecule has 66 valence electrons. The number of methoxy groups -OCH3 is 1. The summed E-state index contributed by atoms with van der Waals surface area (Å²) in [4.78, 5) is 10.5. The zero-order valence-electron chi connectivity index (χ0n) is 7.29. The minimum atomic E-state index is -1.25. The fourth-order valence-electron chi connectivity index (χ4n) is 0.835. The number of ether oxygens (including phenoxy) is 1. The van der Waals surface area contributed by atoms with Gasteiger partial charge in [0, 0.05) is 5.92 Å². The van der Waals surface area contributed by atoms with E-state index in [0.29, 0.717) is 0 Å². The number of rotatable bonds is 3. The number of nitrogens with zero attached hydrogens (tertiary/aromatic N) is 1. The molecule has 0 unspecified atom stereocenters. The molecule has 0 saturated heterocycles. The third kappa shape index (κ3) is 2.27. The number of carbonyl (C=O) groups is 1. The molecule has 0 aliphatic rings. The van der Waals surface area contributed by atoms with Crippen molar-refractivity contribution < 1.29 is 14.6 Å². The molecular weight excluding hydrogens is 158 g/mol. The van der Waals surface area contributed by atoms with Crippen LogP contribution in [0.3, 0.4) is 0 Å². The van der Waals surface area contributed by atoms with E-state index in [1.807, 2.05) is 0 Å². The zero-order chi connectivity index (χ0) is 9.72. The molecule has 0 radical (unpaired) electrons. The second kappa shape index (κ2) is 4.39. The molecule has 4 heteroatoms. The maximum atomic E-state index is 10.5. The maximum absolute atomic E-state index is 10.5. The van der Waals surface area contributed by atoms with Gasteiger partial charge in [0.2, 0.25) is 0 Å². The molecule has 0 heterocycles. The summed E-state index contributed by atoms with van der Waals surface area (Å²) in [6, 6.07) is 1.59. The average Bonchev–Trinajstić information content (AvgIpc) is 1.98. The molecule has 12 heavy (non-hydrogen) atoms. The Morgan fingerprint density at radius 2 is 2.08 bits per heavy atom. The van der Waals surface area contributed by atoms with Gasteiger partial charge in [0.15, 0.2) is 5.57 Å². The molecule has 0 aromatic rings. The van der Waals surface area contributed by atoms with Gasteiger partial charge in [0.1, 0.15) is 11.8 Å². The summed E-state index contributed by atoms with van der Waals surface area (Å²) in [5.74, 6) is -1.13. The first-order valence-electron chi connectivity index (χ1n) is 3.46. The fraction of sp³-hybridized carbons (Fsp3) is 0.500. The van der Waals surface area contributed by atoms with Gasteiger partial charge in [-0.25, -0.2) is 4.79 Å². The molecule has 0 amide bonds. The molecule has 0 aliphatic heterocycles. The van der Waals surface area contributed by atoms with E-state index < -0.39 is 5.97 Å². The van der Waals surface area contributed by atoms with E-state index in [0.717, 1.165) is 0 Å². The Hall–Kier alpha value is -1.50. The lowest BCUT2D eigenvalue weighted by atomic mass is 10.1. The van der Waals surface area contributed by atoms with Gasteiger partial charge in [-0.15, -0.1) is 0 Å². The molecule has 0 atom stereocenters. The highest BCUT2D eigenvalue weighted by molar-refractivity contribution is 5.91. The first-order valence-corrected chi connectivity index (χ1v) is 3.46.